The second-order valence-corrected chi connectivity index (χ2v) is 6.39. The maximum Gasteiger partial charge on any atom is 0.302 e. The van der Waals surface area contributed by atoms with Gasteiger partial charge in [0.1, 0.15) is 0 Å². The van der Waals surface area contributed by atoms with Crippen LogP contribution in [0.3, 0.4) is 0 Å². The van der Waals surface area contributed by atoms with Crippen molar-refractivity contribution in [1.29, 1.82) is 0 Å². The van der Waals surface area contributed by atoms with Gasteiger partial charge in [-0.25, -0.2) is 0 Å². The third kappa shape index (κ3) is 2.06. The Kier molecular flexibility index (Phi) is 3.08. The van der Waals surface area contributed by atoms with E-state index in [1.54, 1.807) is 0 Å². The molecule has 0 amide bonds. The molecule has 1 aromatic heterocycles. The normalized spacial score (nSPS) is 24.0. The zero-order chi connectivity index (χ0) is 15.3. The maximum atomic E-state index is 11.1. The van der Waals surface area contributed by atoms with Crippen LogP contribution >= 0.6 is 0 Å². The van der Waals surface area contributed by atoms with Crippen molar-refractivity contribution >= 4 is 22.4 Å². The predicted molar refractivity (Wildman–Crippen MR) is 86.5 cm³/mol. The Morgan fingerprint density at radius 1 is 1.45 bits per heavy atom. The summed E-state index contributed by atoms with van der Waals surface area (Å²) >= 11 is 0. The van der Waals surface area contributed by atoms with Gasteiger partial charge in [0, 0.05) is 42.5 Å². The number of esters is 1. The summed E-state index contributed by atoms with van der Waals surface area (Å²) in [6.07, 6.45) is 5.50. The summed E-state index contributed by atoms with van der Waals surface area (Å²) in [5.74, 6) is 0.0535. The number of carbonyl (C=O) groups is 1. The van der Waals surface area contributed by atoms with Gasteiger partial charge in [-0.15, -0.1) is 0 Å². The lowest BCUT2D eigenvalue weighted by Gasteiger charge is -2.39. The molecule has 2 heterocycles. The van der Waals surface area contributed by atoms with E-state index in [0.29, 0.717) is 12.6 Å². The Balaban J connectivity index is 1.77. The smallest absolute Gasteiger partial charge is 0.302 e. The van der Waals surface area contributed by atoms with Crippen LogP contribution in [0, 0.1) is 5.92 Å². The lowest BCUT2D eigenvalue weighted by atomic mass is 9.80. The van der Waals surface area contributed by atoms with E-state index >= 15 is 0 Å². The van der Waals surface area contributed by atoms with Crippen LogP contribution < -0.4 is 0 Å². The third-order valence-corrected chi connectivity index (χ3v) is 4.84. The molecule has 0 fully saturated rings. The molecule has 2 aliphatic rings. The second-order valence-electron chi connectivity index (χ2n) is 6.39. The zero-order valence-electron chi connectivity index (χ0n) is 12.9. The summed E-state index contributed by atoms with van der Waals surface area (Å²) in [5.41, 5.74) is 5.31. The third-order valence-electron chi connectivity index (χ3n) is 4.84. The highest BCUT2D eigenvalue weighted by Crippen LogP contribution is 2.40. The van der Waals surface area contributed by atoms with E-state index in [-0.39, 0.29) is 11.9 Å². The maximum absolute atomic E-state index is 11.1. The van der Waals surface area contributed by atoms with E-state index in [1.165, 1.54) is 34.5 Å². The lowest BCUT2D eigenvalue weighted by molar-refractivity contribution is -0.142. The van der Waals surface area contributed by atoms with Gasteiger partial charge in [-0.3, -0.25) is 9.69 Å². The molecule has 1 aliphatic heterocycles. The Hall–Kier alpha value is -2.07. The summed E-state index contributed by atoms with van der Waals surface area (Å²) in [6, 6.07) is 6.87. The lowest BCUT2D eigenvalue weighted by Crippen LogP contribution is -2.43. The van der Waals surface area contributed by atoms with Crippen molar-refractivity contribution in [2.75, 3.05) is 20.2 Å². The molecule has 1 aromatic carbocycles. The summed E-state index contributed by atoms with van der Waals surface area (Å²) in [6.45, 7) is 2.86. The van der Waals surface area contributed by atoms with Gasteiger partial charge < -0.3 is 9.72 Å². The Morgan fingerprint density at radius 2 is 2.32 bits per heavy atom. The molecule has 0 saturated carbocycles. The number of hydrogen-bond donors (Lipinski definition) is 1. The molecule has 0 saturated heterocycles. The highest BCUT2D eigenvalue weighted by atomic mass is 16.5. The van der Waals surface area contributed by atoms with Gasteiger partial charge in [0.15, 0.2) is 0 Å². The average molecular weight is 296 g/mol. The van der Waals surface area contributed by atoms with Crippen LogP contribution in [0.25, 0.3) is 16.5 Å². The number of benzene rings is 1. The van der Waals surface area contributed by atoms with E-state index in [0.717, 1.165) is 13.0 Å². The minimum Gasteiger partial charge on any atom is -0.465 e. The van der Waals surface area contributed by atoms with Crippen molar-refractivity contribution in [1.82, 2.24) is 9.88 Å². The number of aromatic nitrogens is 1. The first-order chi connectivity index (χ1) is 10.6. The zero-order valence-corrected chi connectivity index (χ0v) is 12.9. The number of H-pyrrole nitrogens is 1. The number of fused-ring (bicyclic) bond motifs is 2. The summed E-state index contributed by atoms with van der Waals surface area (Å²) in [5, 5.41) is 1.35. The van der Waals surface area contributed by atoms with Gasteiger partial charge in [-0.05, 0) is 36.2 Å². The van der Waals surface area contributed by atoms with E-state index in [4.69, 9.17) is 4.74 Å². The van der Waals surface area contributed by atoms with Crippen LogP contribution in [0.15, 0.2) is 30.5 Å². The highest BCUT2D eigenvalue weighted by Gasteiger charge is 2.33. The highest BCUT2D eigenvalue weighted by molar-refractivity contribution is 5.98. The van der Waals surface area contributed by atoms with E-state index in [2.05, 4.69) is 47.4 Å². The summed E-state index contributed by atoms with van der Waals surface area (Å²) in [7, 11) is 2.16. The number of nitrogens with one attached hydrogen (secondary N) is 1. The fourth-order valence-corrected chi connectivity index (χ4v) is 3.88. The fraction of sp³-hybridized carbons (Fsp3) is 0.389. The van der Waals surface area contributed by atoms with Gasteiger partial charge in [0.2, 0.25) is 0 Å². The van der Waals surface area contributed by atoms with Gasteiger partial charge in [-0.1, -0.05) is 18.2 Å². The minimum absolute atomic E-state index is 0.207. The first-order valence-electron chi connectivity index (χ1n) is 7.78. The molecule has 4 rings (SSSR count). The second kappa shape index (κ2) is 4.99. The van der Waals surface area contributed by atoms with Crippen molar-refractivity contribution < 1.29 is 9.53 Å². The van der Waals surface area contributed by atoms with Crippen LogP contribution in [0.4, 0.5) is 0 Å². The molecule has 0 spiro atoms. The van der Waals surface area contributed by atoms with Crippen LogP contribution in [0.5, 0.6) is 0 Å². The monoisotopic (exact) mass is 296 g/mol. The molecular weight excluding hydrogens is 276 g/mol. The molecule has 4 nitrogen and oxygen atoms in total. The Morgan fingerprint density at radius 3 is 3.14 bits per heavy atom. The number of hydrogen-bond acceptors (Lipinski definition) is 3. The Bertz CT molecular complexity index is 774. The first kappa shape index (κ1) is 13.6. The van der Waals surface area contributed by atoms with Crippen LogP contribution in [0.2, 0.25) is 0 Å². The standard InChI is InChI=1S/C18H20N2O2/c1-11(21)22-10-12-6-15-14-4-3-5-16-18(14)13(8-19-16)7-17(15)20(2)9-12/h3-6,8,12,17,19H,7,9-10H2,1-2H3. The van der Waals surface area contributed by atoms with Crippen LogP contribution in [-0.2, 0) is 16.0 Å². The van der Waals surface area contributed by atoms with Crippen molar-refractivity contribution in [3.63, 3.8) is 0 Å². The van der Waals surface area contributed by atoms with Crippen molar-refractivity contribution in [3.8, 4) is 0 Å². The number of nitrogens with zero attached hydrogens (tertiary/aromatic N) is 1. The van der Waals surface area contributed by atoms with E-state index in [1.807, 2.05) is 0 Å². The summed E-state index contributed by atoms with van der Waals surface area (Å²) < 4.78 is 5.22. The molecule has 0 bridgehead atoms. The number of ether oxygens (including phenoxy) is 1. The van der Waals surface area contributed by atoms with Gasteiger partial charge in [0.05, 0.1) is 6.61 Å². The van der Waals surface area contributed by atoms with Crippen molar-refractivity contribution in [3.05, 3.63) is 41.6 Å². The minimum atomic E-state index is -0.207. The van der Waals surface area contributed by atoms with E-state index in [9.17, 15) is 4.79 Å². The van der Waals surface area contributed by atoms with Gasteiger partial charge in [-0.2, -0.15) is 0 Å². The number of likely N-dealkylation sites (N-methyl/N-ethyl adjacent to an activating group) is 1. The molecule has 2 aromatic rings. The van der Waals surface area contributed by atoms with E-state index < -0.39 is 0 Å². The van der Waals surface area contributed by atoms with Crippen molar-refractivity contribution in [2.24, 2.45) is 5.92 Å². The number of rotatable bonds is 2. The molecule has 1 aliphatic carbocycles. The average Bonchev–Trinajstić information content (AvgIpc) is 2.91. The van der Waals surface area contributed by atoms with Gasteiger partial charge >= 0.3 is 5.97 Å². The number of carbonyl (C=O) groups excluding carboxylic acids is 1. The molecule has 1 N–H and O–H groups in total. The largest absolute Gasteiger partial charge is 0.465 e. The molecule has 114 valence electrons. The fourth-order valence-electron chi connectivity index (χ4n) is 3.88. The molecule has 22 heavy (non-hydrogen) atoms. The van der Waals surface area contributed by atoms with Crippen LogP contribution in [0.1, 0.15) is 18.1 Å². The molecule has 2 unspecified atom stereocenters. The molecule has 0 radical (unpaired) electrons. The van der Waals surface area contributed by atoms with Crippen LogP contribution in [-0.4, -0.2) is 42.1 Å². The number of aromatic amines is 1. The quantitative estimate of drug-likeness (QED) is 0.867. The first-order valence-corrected chi connectivity index (χ1v) is 7.78. The SMILES string of the molecule is CC(=O)OCC1C=C2c3cccc4[nH]cc(c34)CC2N(C)C1. The van der Waals surface area contributed by atoms with Gasteiger partial charge in [0.25, 0.3) is 0 Å². The van der Waals surface area contributed by atoms with Crippen molar-refractivity contribution in [2.45, 2.75) is 19.4 Å². The summed E-state index contributed by atoms with van der Waals surface area (Å²) in [4.78, 5) is 16.8. The Labute approximate surface area is 129 Å². The topological polar surface area (TPSA) is 45.3 Å². The predicted octanol–water partition coefficient (Wildman–Crippen LogP) is 2.60. The molecule has 4 heteroatoms. The molecule has 2 atom stereocenters. The molecular formula is C18H20N2O2.